The molecule has 1 aromatic rings. The van der Waals surface area contributed by atoms with Crippen molar-refractivity contribution in [1.82, 2.24) is 5.17 Å². The van der Waals surface area contributed by atoms with Gasteiger partial charge in [-0.1, -0.05) is 18.2 Å². The summed E-state index contributed by atoms with van der Waals surface area (Å²) >= 11 is 0. The normalized spacial score (nSPS) is 10.1. The standard InChI is InChI=1S/C8H12N2O/c1-10(11-2)9-8-6-4-3-5-7-8/h3-7,9H,1-2H3. The molecule has 0 heterocycles. The van der Waals surface area contributed by atoms with Gasteiger partial charge in [-0.15, -0.1) is 5.17 Å². The fourth-order valence-corrected chi connectivity index (χ4v) is 0.740. The van der Waals surface area contributed by atoms with Gasteiger partial charge >= 0.3 is 0 Å². The predicted molar refractivity (Wildman–Crippen MR) is 44.8 cm³/mol. The van der Waals surface area contributed by atoms with Crippen LogP contribution in [0, 0.1) is 0 Å². The third-order valence-electron chi connectivity index (χ3n) is 1.33. The Morgan fingerprint density at radius 3 is 2.45 bits per heavy atom. The van der Waals surface area contributed by atoms with E-state index in [1.165, 1.54) is 5.17 Å². The molecule has 0 spiro atoms. The zero-order valence-corrected chi connectivity index (χ0v) is 6.74. The Morgan fingerprint density at radius 1 is 1.27 bits per heavy atom. The smallest absolute Gasteiger partial charge is 0.0596 e. The fraction of sp³-hybridized carbons (Fsp3) is 0.250. The van der Waals surface area contributed by atoms with Gasteiger partial charge in [0, 0.05) is 7.05 Å². The highest BCUT2D eigenvalue weighted by Gasteiger charge is 1.92. The Hall–Kier alpha value is -1.06. The number of benzene rings is 1. The summed E-state index contributed by atoms with van der Waals surface area (Å²) in [6.45, 7) is 0. The first-order valence-electron chi connectivity index (χ1n) is 3.42. The van der Waals surface area contributed by atoms with E-state index in [1.54, 1.807) is 14.2 Å². The molecular weight excluding hydrogens is 140 g/mol. The highest BCUT2D eigenvalue weighted by atomic mass is 16.7. The highest BCUT2D eigenvalue weighted by molar-refractivity contribution is 5.40. The molecular formula is C8H12N2O. The SMILES string of the molecule is CON(C)Nc1ccccc1. The van der Waals surface area contributed by atoms with E-state index < -0.39 is 0 Å². The molecule has 0 radical (unpaired) electrons. The van der Waals surface area contributed by atoms with E-state index in [0.29, 0.717) is 0 Å². The van der Waals surface area contributed by atoms with Gasteiger partial charge in [-0.05, 0) is 12.1 Å². The van der Waals surface area contributed by atoms with Crippen molar-refractivity contribution in [2.24, 2.45) is 0 Å². The molecule has 0 aliphatic carbocycles. The number of para-hydroxylation sites is 1. The third-order valence-corrected chi connectivity index (χ3v) is 1.33. The molecule has 1 aromatic carbocycles. The lowest BCUT2D eigenvalue weighted by molar-refractivity contribution is -0.0864. The molecule has 1 N–H and O–H groups in total. The molecule has 0 amide bonds. The van der Waals surface area contributed by atoms with Crippen molar-refractivity contribution in [2.45, 2.75) is 0 Å². The summed E-state index contributed by atoms with van der Waals surface area (Å²) in [5.74, 6) is 0. The van der Waals surface area contributed by atoms with Crippen LogP contribution in [0.4, 0.5) is 5.69 Å². The molecule has 0 bridgehead atoms. The molecule has 0 fully saturated rings. The van der Waals surface area contributed by atoms with E-state index >= 15 is 0 Å². The lowest BCUT2D eigenvalue weighted by atomic mass is 10.3. The van der Waals surface area contributed by atoms with Crippen LogP contribution in [0.15, 0.2) is 30.3 Å². The van der Waals surface area contributed by atoms with Gasteiger partial charge in [-0.25, -0.2) is 0 Å². The number of nitrogens with one attached hydrogen (secondary N) is 1. The molecule has 1 rings (SSSR count). The van der Waals surface area contributed by atoms with Crippen LogP contribution < -0.4 is 5.43 Å². The summed E-state index contributed by atoms with van der Waals surface area (Å²) < 4.78 is 0. The summed E-state index contributed by atoms with van der Waals surface area (Å²) in [6, 6.07) is 9.83. The molecule has 3 heteroatoms. The van der Waals surface area contributed by atoms with Crippen LogP contribution in [0.3, 0.4) is 0 Å². The van der Waals surface area contributed by atoms with Crippen molar-refractivity contribution in [1.29, 1.82) is 0 Å². The Bertz CT molecular complexity index is 201. The zero-order chi connectivity index (χ0) is 8.10. The highest BCUT2D eigenvalue weighted by Crippen LogP contribution is 2.04. The Kier molecular flexibility index (Phi) is 2.89. The minimum absolute atomic E-state index is 1.01. The van der Waals surface area contributed by atoms with Gasteiger partial charge < -0.3 is 0 Å². The van der Waals surface area contributed by atoms with Crippen LogP contribution in [0.2, 0.25) is 0 Å². The average molecular weight is 152 g/mol. The van der Waals surface area contributed by atoms with Crippen molar-refractivity contribution in [3.63, 3.8) is 0 Å². The van der Waals surface area contributed by atoms with Gasteiger partial charge in [-0.2, -0.15) is 0 Å². The summed E-state index contributed by atoms with van der Waals surface area (Å²) in [5.41, 5.74) is 4.01. The lowest BCUT2D eigenvalue weighted by Crippen LogP contribution is -2.23. The number of anilines is 1. The van der Waals surface area contributed by atoms with Gasteiger partial charge in [0.05, 0.1) is 12.8 Å². The lowest BCUT2D eigenvalue weighted by Gasteiger charge is -2.15. The Balaban J connectivity index is 2.51. The molecule has 0 saturated heterocycles. The predicted octanol–water partition coefficient (Wildman–Crippen LogP) is 1.51. The van der Waals surface area contributed by atoms with Gasteiger partial charge in [0.15, 0.2) is 0 Å². The van der Waals surface area contributed by atoms with Gasteiger partial charge in [0.25, 0.3) is 0 Å². The number of hydrogen-bond acceptors (Lipinski definition) is 3. The van der Waals surface area contributed by atoms with Crippen LogP contribution in [-0.2, 0) is 4.84 Å². The maximum atomic E-state index is 4.88. The van der Waals surface area contributed by atoms with E-state index in [9.17, 15) is 0 Å². The Morgan fingerprint density at radius 2 is 1.91 bits per heavy atom. The second-order valence-electron chi connectivity index (χ2n) is 2.16. The summed E-state index contributed by atoms with van der Waals surface area (Å²) in [5, 5.41) is 1.54. The fourth-order valence-electron chi connectivity index (χ4n) is 0.740. The number of hydrazine groups is 1. The third kappa shape index (κ3) is 2.57. The van der Waals surface area contributed by atoms with E-state index in [0.717, 1.165) is 5.69 Å². The van der Waals surface area contributed by atoms with Gasteiger partial charge in [0.2, 0.25) is 0 Å². The monoisotopic (exact) mass is 152 g/mol. The second kappa shape index (κ2) is 3.95. The summed E-state index contributed by atoms with van der Waals surface area (Å²) in [7, 11) is 3.41. The van der Waals surface area contributed by atoms with Crippen LogP contribution in [0.25, 0.3) is 0 Å². The van der Waals surface area contributed by atoms with Crippen molar-refractivity contribution < 1.29 is 4.84 Å². The second-order valence-corrected chi connectivity index (χ2v) is 2.16. The van der Waals surface area contributed by atoms with E-state index in [4.69, 9.17) is 4.84 Å². The molecule has 60 valence electrons. The molecule has 3 nitrogen and oxygen atoms in total. The minimum Gasteiger partial charge on any atom is -0.297 e. The van der Waals surface area contributed by atoms with Crippen molar-refractivity contribution in [2.75, 3.05) is 19.6 Å². The van der Waals surface area contributed by atoms with Crippen molar-refractivity contribution in [3.05, 3.63) is 30.3 Å². The molecule has 0 atom stereocenters. The van der Waals surface area contributed by atoms with Crippen LogP contribution in [0.1, 0.15) is 0 Å². The minimum atomic E-state index is 1.01. The van der Waals surface area contributed by atoms with Crippen LogP contribution >= 0.6 is 0 Å². The van der Waals surface area contributed by atoms with E-state index in [1.807, 2.05) is 30.3 Å². The number of hydrogen-bond donors (Lipinski definition) is 1. The van der Waals surface area contributed by atoms with Crippen molar-refractivity contribution in [3.8, 4) is 0 Å². The molecule has 0 aromatic heterocycles. The maximum absolute atomic E-state index is 4.88. The molecule has 0 aliphatic rings. The quantitative estimate of drug-likeness (QED) is 0.664. The number of nitrogens with zero attached hydrogens (tertiary/aromatic N) is 1. The first-order valence-corrected chi connectivity index (χ1v) is 3.42. The van der Waals surface area contributed by atoms with Crippen LogP contribution in [0.5, 0.6) is 0 Å². The largest absolute Gasteiger partial charge is 0.297 e. The number of hydroxylamine groups is 1. The summed E-state index contributed by atoms with van der Waals surface area (Å²) in [6.07, 6.45) is 0. The zero-order valence-electron chi connectivity index (χ0n) is 6.74. The molecule has 0 aliphatic heterocycles. The maximum Gasteiger partial charge on any atom is 0.0596 e. The van der Waals surface area contributed by atoms with Gasteiger partial charge in [0.1, 0.15) is 0 Å². The topological polar surface area (TPSA) is 24.5 Å². The molecule has 0 unspecified atom stereocenters. The summed E-state index contributed by atoms with van der Waals surface area (Å²) in [4.78, 5) is 4.88. The Labute approximate surface area is 66.5 Å². The average Bonchev–Trinajstić information content (AvgIpc) is 2.06. The molecule has 11 heavy (non-hydrogen) atoms. The van der Waals surface area contributed by atoms with Crippen LogP contribution in [-0.4, -0.2) is 19.3 Å². The van der Waals surface area contributed by atoms with E-state index in [-0.39, 0.29) is 0 Å². The molecule has 0 saturated carbocycles. The first-order chi connectivity index (χ1) is 5.33. The van der Waals surface area contributed by atoms with Crippen molar-refractivity contribution >= 4 is 5.69 Å². The van der Waals surface area contributed by atoms with Gasteiger partial charge in [-0.3, -0.25) is 10.3 Å². The number of rotatable bonds is 3. The first kappa shape index (κ1) is 8.04. The van der Waals surface area contributed by atoms with E-state index in [2.05, 4.69) is 5.43 Å².